The number of rotatable bonds is 3. The van der Waals surface area contributed by atoms with Crippen molar-refractivity contribution in [3.8, 4) is 5.75 Å². The molecule has 0 unspecified atom stereocenters. The summed E-state index contributed by atoms with van der Waals surface area (Å²) in [4.78, 5) is 6.16. The Labute approximate surface area is 128 Å². The molecule has 0 saturated carbocycles. The molecule has 0 amide bonds. The average Bonchev–Trinajstić information content (AvgIpc) is 2.55. The van der Waals surface area contributed by atoms with Gasteiger partial charge >= 0.3 is 0 Å². The van der Waals surface area contributed by atoms with Gasteiger partial charge in [-0.2, -0.15) is 0 Å². The summed E-state index contributed by atoms with van der Waals surface area (Å²) in [6, 6.07) is 11.8. The van der Waals surface area contributed by atoms with E-state index in [2.05, 4.69) is 4.99 Å². The van der Waals surface area contributed by atoms with E-state index in [9.17, 15) is 9.50 Å². The number of phenolic OH excluding ortho intramolecular Hbond substituents is 1. The van der Waals surface area contributed by atoms with Crippen LogP contribution in [0.1, 0.15) is 5.56 Å². The minimum Gasteiger partial charge on any atom is -0.506 e. The predicted octanol–water partition coefficient (Wildman–Crippen LogP) is 3.12. The number of phenols is 1. The van der Waals surface area contributed by atoms with Crippen molar-refractivity contribution in [2.45, 2.75) is 0 Å². The third kappa shape index (κ3) is 3.26. The third-order valence-electron chi connectivity index (χ3n) is 3.56. The molecular formula is C17H17FN2O2. The smallest absolute Gasteiger partial charge is 0.147 e. The van der Waals surface area contributed by atoms with E-state index in [4.69, 9.17) is 4.74 Å². The number of anilines is 1. The molecule has 0 spiro atoms. The standard InChI is InChI=1S/C17H17FN2O2/c18-14-11-13(12-19-15-3-1-2-4-17(15)21)5-6-16(14)20-7-9-22-10-8-20/h1-6,11-12,21H,7-10H2. The Morgan fingerprint density at radius 3 is 2.64 bits per heavy atom. The average molecular weight is 300 g/mol. The van der Waals surface area contributed by atoms with Crippen LogP contribution in [0.15, 0.2) is 47.5 Å². The molecule has 5 heteroatoms. The van der Waals surface area contributed by atoms with Gasteiger partial charge in [-0.05, 0) is 29.8 Å². The van der Waals surface area contributed by atoms with Crippen molar-refractivity contribution in [1.82, 2.24) is 0 Å². The number of para-hydroxylation sites is 2. The van der Waals surface area contributed by atoms with Crippen LogP contribution < -0.4 is 4.90 Å². The van der Waals surface area contributed by atoms with Gasteiger partial charge in [-0.25, -0.2) is 4.39 Å². The van der Waals surface area contributed by atoms with Gasteiger partial charge in [0.05, 0.1) is 18.9 Å². The Morgan fingerprint density at radius 1 is 1.14 bits per heavy atom. The largest absolute Gasteiger partial charge is 0.506 e. The van der Waals surface area contributed by atoms with Crippen LogP contribution in [0.4, 0.5) is 15.8 Å². The number of benzene rings is 2. The molecule has 0 atom stereocenters. The molecule has 3 rings (SSSR count). The number of halogens is 1. The monoisotopic (exact) mass is 300 g/mol. The normalized spacial score (nSPS) is 15.4. The van der Waals surface area contributed by atoms with E-state index in [1.54, 1.807) is 36.5 Å². The van der Waals surface area contributed by atoms with Gasteiger partial charge in [0.2, 0.25) is 0 Å². The zero-order valence-electron chi connectivity index (χ0n) is 12.1. The lowest BCUT2D eigenvalue weighted by Crippen LogP contribution is -2.36. The summed E-state index contributed by atoms with van der Waals surface area (Å²) in [6.45, 7) is 2.64. The van der Waals surface area contributed by atoms with Crippen molar-refractivity contribution in [1.29, 1.82) is 0 Å². The molecule has 1 saturated heterocycles. The fraction of sp³-hybridized carbons (Fsp3) is 0.235. The summed E-state index contributed by atoms with van der Waals surface area (Å²) in [5.41, 5.74) is 1.70. The second-order valence-electron chi connectivity index (χ2n) is 5.06. The van der Waals surface area contributed by atoms with Gasteiger partial charge in [-0.3, -0.25) is 4.99 Å². The van der Waals surface area contributed by atoms with Gasteiger partial charge in [0, 0.05) is 19.3 Å². The number of aliphatic imine (C=N–C) groups is 1. The molecule has 1 aliphatic heterocycles. The maximum atomic E-state index is 14.2. The van der Waals surface area contributed by atoms with Crippen molar-refractivity contribution >= 4 is 17.6 Å². The Balaban J connectivity index is 1.78. The first-order chi connectivity index (χ1) is 10.7. The summed E-state index contributed by atoms with van der Waals surface area (Å²) in [5, 5.41) is 9.65. The first-order valence-electron chi connectivity index (χ1n) is 7.18. The van der Waals surface area contributed by atoms with Crippen LogP contribution in [0.2, 0.25) is 0 Å². The van der Waals surface area contributed by atoms with Crippen molar-refractivity contribution < 1.29 is 14.2 Å². The molecule has 1 N–H and O–H groups in total. The summed E-state index contributed by atoms with van der Waals surface area (Å²) < 4.78 is 19.5. The van der Waals surface area contributed by atoms with Gasteiger partial charge in [0.15, 0.2) is 0 Å². The van der Waals surface area contributed by atoms with E-state index >= 15 is 0 Å². The summed E-state index contributed by atoms with van der Waals surface area (Å²) in [5.74, 6) is -0.174. The van der Waals surface area contributed by atoms with Crippen LogP contribution >= 0.6 is 0 Å². The highest BCUT2D eigenvalue weighted by molar-refractivity contribution is 5.83. The van der Waals surface area contributed by atoms with Crippen LogP contribution in [0.3, 0.4) is 0 Å². The zero-order valence-corrected chi connectivity index (χ0v) is 12.1. The van der Waals surface area contributed by atoms with Crippen molar-refractivity contribution in [2.75, 3.05) is 31.2 Å². The van der Waals surface area contributed by atoms with Gasteiger partial charge < -0.3 is 14.7 Å². The lowest BCUT2D eigenvalue weighted by Gasteiger charge is -2.29. The molecule has 22 heavy (non-hydrogen) atoms. The second kappa shape index (κ2) is 6.58. The maximum absolute atomic E-state index is 14.2. The van der Waals surface area contributed by atoms with E-state index in [0.717, 1.165) is 0 Å². The molecule has 0 aromatic heterocycles. The minimum absolute atomic E-state index is 0.101. The number of hydrogen-bond donors (Lipinski definition) is 1. The summed E-state index contributed by atoms with van der Waals surface area (Å²) in [6.07, 6.45) is 1.54. The van der Waals surface area contributed by atoms with Gasteiger partial charge in [-0.15, -0.1) is 0 Å². The highest BCUT2D eigenvalue weighted by atomic mass is 19.1. The number of morpholine rings is 1. The van der Waals surface area contributed by atoms with Crippen LogP contribution in [-0.4, -0.2) is 37.6 Å². The molecule has 2 aromatic carbocycles. The van der Waals surface area contributed by atoms with Gasteiger partial charge in [-0.1, -0.05) is 18.2 Å². The zero-order chi connectivity index (χ0) is 15.4. The molecule has 1 aliphatic rings. The SMILES string of the molecule is Oc1ccccc1N=Cc1ccc(N2CCOCC2)c(F)c1. The number of ether oxygens (including phenoxy) is 1. The van der Waals surface area contributed by atoms with Gasteiger partial charge in [0.25, 0.3) is 0 Å². The van der Waals surface area contributed by atoms with Gasteiger partial charge in [0.1, 0.15) is 17.3 Å². The van der Waals surface area contributed by atoms with Crippen LogP contribution in [0, 0.1) is 5.82 Å². The molecule has 4 nitrogen and oxygen atoms in total. The minimum atomic E-state index is -0.275. The lowest BCUT2D eigenvalue weighted by molar-refractivity contribution is 0.122. The maximum Gasteiger partial charge on any atom is 0.147 e. The Kier molecular flexibility index (Phi) is 4.34. The Bertz CT molecular complexity index is 682. The molecule has 1 heterocycles. The quantitative estimate of drug-likeness (QED) is 0.886. The molecule has 0 aliphatic carbocycles. The molecule has 0 bridgehead atoms. The molecule has 114 valence electrons. The fourth-order valence-electron chi connectivity index (χ4n) is 2.38. The molecule has 1 fully saturated rings. The molecule has 2 aromatic rings. The van der Waals surface area contributed by atoms with E-state index in [-0.39, 0.29) is 11.6 Å². The van der Waals surface area contributed by atoms with E-state index in [1.807, 2.05) is 11.0 Å². The highest BCUT2D eigenvalue weighted by Crippen LogP contribution is 2.25. The van der Waals surface area contributed by atoms with E-state index in [0.29, 0.717) is 43.2 Å². The highest BCUT2D eigenvalue weighted by Gasteiger charge is 2.14. The van der Waals surface area contributed by atoms with Crippen molar-refractivity contribution in [3.63, 3.8) is 0 Å². The third-order valence-corrected chi connectivity index (χ3v) is 3.56. The number of nitrogens with zero attached hydrogens (tertiary/aromatic N) is 2. The van der Waals surface area contributed by atoms with Crippen molar-refractivity contribution in [3.05, 3.63) is 53.8 Å². The lowest BCUT2D eigenvalue weighted by atomic mass is 10.2. The van der Waals surface area contributed by atoms with E-state index in [1.165, 1.54) is 6.07 Å². The Hall–Kier alpha value is -2.40. The number of aromatic hydroxyl groups is 1. The first-order valence-corrected chi connectivity index (χ1v) is 7.18. The van der Waals surface area contributed by atoms with Crippen LogP contribution in [0.25, 0.3) is 0 Å². The second-order valence-corrected chi connectivity index (χ2v) is 5.06. The fourth-order valence-corrected chi connectivity index (χ4v) is 2.38. The Morgan fingerprint density at radius 2 is 1.91 bits per heavy atom. The summed E-state index contributed by atoms with van der Waals surface area (Å²) >= 11 is 0. The predicted molar refractivity (Wildman–Crippen MR) is 84.8 cm³/mol. The molecule has 0 radical (unpaired) electrons. The van der Waals surface area contributed by atoms with E-state index < -0.39 is 0 Å². The van der Waals surface area contributed by atoms with Crippen molar-refractivity contribution in [2.24, 2.45) is 4.99 Å². The first kappa shape index (κ1) is 14.5. The molecular weight excluding hydrogens is 283 g/mol. The topological polar surface area (TPSA) is 45.1 Å². The van der Waals surface area contributed by atoms with Crippen LogP contribution in [-0.2, 0) is 4.74 Å². The van der Waals surface area contributed by atoms with Crippen LogP contribution in [0.5, 0.6) is 5.75 Å². The number of hydrogen-bond acceptors (Lipinski definition) is 4. The summed E-state index contributed by atoms with van der Waals surface area (Å²) in [7, 11) is 0.